The van der Waals surface area contributed by atoms with Crippen molar-refractivity contribution >= 4 is 34.6 Å². The minimum absolute atomic E-state index is 0.0205. The Morgan fingerprint density at radius 1 is 1.11 bits per heavy atom. The minimum atomic E-state index is -0.913. The molecule has 4 N–H and O–H groups in total. The number of H-pyrrole nitrogens is 1. The smallest absolute Gasteiger partial charge is 0.268 e. The summed E-state index contributed by atoms with van der Waals surface area (Å²) < 4.78 is 13.9. The molecule has 1 saturated heterocycles. The fourth-order valence-electron chi connectivity index (χ4n) is 4.54. The Morgan fingerprint density at radius 3 is 2.68 bits per heavy atom. The van der Waals surface area contributed by atoms with Crippen molar-refractivity contribution in [1.82, 2.24) is 20.9 Å². The van der Waals surface area contributed by atoms with E-state index in [4.69, 9.17) is 0 Å². The molecule has 1 aliphatic heterocycles. The maximum absolute atomic E-state index is 13.9. The molecule has 188 valence electrons. The number of rotatable bonds is 10. The van der Waals surface area contributed by atoms with Crippen molar-refractivity contribution in [3.63, 3.8) is 0 Å². The lowest BCUT2D eigenvalue weighted by molar-refractivity contribution is 0.0937. The topological polar surface area (TPSA) is 120 Å². The van der Waals surface area contributed by atoms with Gasteiger partial charge in [-0.15, -0.1) is 0 Å². The third kappa shape index (κ3) is 6.31. The minimum Gasteiger partial charge on any atom is -0.379 e. The highest BCUT2D eigenvalue weighted by molar-refractivity contribution is 5.98. The Hall–Kier alpha value is -4.67. The van der Waals surface area contributed by atoms with Gasteiger partial charge in [-0.1, -0.05) is 30.3 Å². The van der Waals surface area contributed by atoms with Gasteiger partial charge in [0.25, 0.3) is 5.91 Å². The monoisotopic (exact) mass is 500 g/mol. The summed E-state index contributed by atoms with van der Waals surface area (Å²) in [6, 6.07) is 13.4. The van der Waals surface area contributed by atoms with E-state index in [0.29, 0.717) is 30.6 Å². The van der Waals surface area contributed by atoms with E-state index in [2.05, 4.69) is 20.9 Å². The average Bonchev–Trinajstić information content (AvgIpc) is 3.53. The highest BCUT2D eigenvalue weighted by atomic mass is 19.1. The zero-order valence-corrected chi connectivity index (χ0v) is 19.8. The number of aromatic amines is 1. The molecule has 3 atom stereocenters. The lowest BCUT2D eigenvalue weighted by Crippen LogP contribution is -2.45. The summed E-state index contributed by atoms with van der Waals surface area (Å²) in [5.74, 6) is 4.35. The van der Waals surface area contributed by atoms with Crippen LogP contribution < -0.4 is 16.0 Å². The molecule has 0 aliphatic carbocycles. The van der Waals surface area contributed by atoms with Gasteiger partial charge in [-0.2, -0.15) is 0 Å². The van der Waals surface area contributed by atoms with Gasteiger partial charge >= 0.3 is 0 Å². The number of allylic oxidation sites excluding steroid dienone is 1. The second-order valence-corrected chi connectivity index (χ2v) is 8.85. The van der Waals surface area contributed by atoms with Crippen molar-refractivity contribution in [2.75, 3.05) is 6.54 Å². The molecule has 4 rings (SSSR count). The number of benzene rings is 2. The van der Waals surface area contributed by atoms with Crippen molar-refractivity contribution in [3.05, 3.63) is 89.1 Å². The van der Waals surface area contributed by atoms with E-state index >= 15 is 0 Å². The second-order valence-electron chi connectivity index (χ2n) is 8.85. The van der Waals surface area contributed by atoms with Crippen LogP contribution in [0, 0.1) is 11.7 Å². The van der Waals surface area contributed by atoms with E-state index in [1.54, 1.807) is 18.1 Å². The molecule has 2 aromatic carbocycles. The zero-order valence-electron chi connectivity index (χ0n) is 19.8. The predicted octanol–water partition coefficient (Wildman–Crippen LogP) is 2.42. The molecule has 37 heavy (non-hydrogen) atoms. The van der Waals surface area contributed by atoms with E-state index in [1.165, 1.54) is 24.3 Å². The first-order valence-electron chi connectivity index (χ1n) is 11.8. The number of fused-ring (bicyclic) bond motifs is 1. The average molecular weight is 501 g/mol. The zero-order chi connectivity index (χ0) is 26.2. The van der Waals surface area contributed by atoms with Crippen LogP contribution in [0.2, 0.25) is 0 Å². The molecule has 1 fully saturated rings. The quantitative estimate of drug-likeness (QED) is 0.318. The Balaban J connectivity index is 1.59. The van der Waals surface area contributed by atoms with Crippen LogP contribution in [-0.2, 0) is 20.8 Å². The SMILES string of the molecule is O=C=CC(C[C@@H]1CCNC1=C=O)NC(=C=O)C(Cc1cccc(F)c1)NC(=O)c1cc2ccccc2[nH]1. The summed E-state index contributed by atoms with van der Waals surface area (Å²) in [5, 5.41) is 9.61. The maximum Gasteiger partial charge on any atom is 0.268 e. The number of carbonyl (C=O) groups is 1. The van der Waals surface area contributed by atoms with Crippen molar-refractivity contribution in [1.29, 1.82) is 0 Å². The Bertz CT molecular complexity index is 1410. The van der Waals surface area contributed by atoms with Crippen molar-refractivity contribution in [2.24, 2.45) is 5.92 Å². The van der Waals surface area contributed by atoms with Gasteiger partial charge in [0.2, 0.25) is 0 Å². The van der Waals surface area contributed by atoms with Crippen molar-refractivity contribution < 1.29 is 23.6 Å². The number of hydrogen-bond donors (Lipinski definition) is 4. The van der Waals surface area contributed by atoms with Crippen molar-refractivity contribution in [2.45, 2.75) is 31.3 Å². The molecule has 1 amide bonds. The number of hydrogen-bond acceptors (Lipinski definition) is 6. The molecular weight excluding hydrogens is 475 g/mol. The largest absolute Gasteiger partial charge is 0.379 e. The van der Waals surface area contributed by atoms with E-state index in [1.807, 2.05) is 36.1 Å². The normalized spacial score (nSPS) is 16.0. The third-order valence-corrected chi connectivity index (χ3v) is 6.34. The molecule has 2 unspecified atom stereocenters. The molecular formula is C28H25FN4O4. The number of amides is 1. The van der Waals surface area contributed by atoms with Crippen LogP contribution in [0.3, 0.4) is 0 Å². The first kappa shape index (κ1) is 25.4. The Morgan fingerprint density at radius 2 is 1.95 bits per heavy atom. The third-order valence-electron chi connectivity index (χ3n) is 6.34. The van der Waals surface area contributed by atoms with E-state index in [-0.39, 0.29) is 23.7 Å². The van der Waals surface area contributed by atoms with Gasteiger partial charge in [0.1, 0.15) is 35.0 Å². The second kappa shape index (κ2) is 11.8. The van der Waals surface area contributed by atoms with Gasteiger partial charge in [0.05, 0.1) is 17.8 Å². The van der Waals surface area contributed by atoms with Crippen LogP contribution in [0.4, 0.5) is 4.39 Å². The van der Waals surface area contributed by atoms with Crippen LogP contribution in [0.5, 0.6) is 0 Å². The van der Waals surface area contributed by atoms with Crippen LogP contribution >= 0.6 is 0 Å². The summed E-state index contributed by atoms with van der Waals surface area (Å²) in [6.45, 7) is 0.603. The number of aromatic nitrogens is 1. The number of halogens is 1. The molecule has 1 aromatic heterocycles. The molecule has 0 bridgehead atoms. The summed E-state index contributed by atoms with van der Waals surface area (Å²) in [7, 11) is 0. The van der Waals surface area contributed by atoms with Crippen molar-refractivity contribution in [3.8, 4) is 0 Å². The van der Waals surface area contributed by atoms with Crippen LogP contribution in [0.15, 0.2) is 72.1 Å². The fourth-order valence-corrected chi connectivity index (χ4v) is 4.54. The molecule has 2 heterocycles. The fraction of sp³-hybridized carbons (Fsp3) is 0.250. The van der Waals surface area contributed by atoms with Crippen LogP contribution in [0.1, 0.15) is 28.9 Å². The molecule has 1 aliphatic rings. The first-order valence-corrected chi connectivity index (χ1v) is 11.8. The standard InChI is InChI=1S/C28H25FN4O4/c29-21-6-3-4-18(12-21)13-24(33-28(37)25-15-19-5-1-2-7-23(19)32-25)27(17-36)31-22(9-11-34)14-20-8-10-30-26(20)16-35/h1-7,9,12,15,20,22,24,30-32H,8,10,13-14H2,(H,33,37)/t20-,22?,24?/m0/s1. The number of carbonyl (C=O) groups excluding carboxylic acids is 4. The molecule has 0 saturated carbocycles. The number of nitrogens with one attached hydrogen (secondary N) is 4. The van der Waals surface area contributed by atoms with Gasteiger partial charge in [-0.25, -0.2) is 18.8 Å². The Kier molecular flexibility index (Phi) is 8.14. The molecule has 0 radical (unpaired) electrons. The summed E-state index contributed by atoms with van der Waals surface area (Å²) in [6.07, 6.45) is 2.29. The van der Waals surface area contributed by atoms with E-state index in [9.17, 15) is 23.6 Å². The molecule has 0 spiro atoms. The molecule has 9 heteroatoms. The number of para-hydroxylation sites is 1. The highest BCUT2D eigenvalue weighted by Gasteiger charge is 2.27. The Labute approximate surface area is 212 Å². The highest BCUT2D eigenvalue weighted by Crippen LogP contribution is 2.23. The predicted molar refractivity (Wildman–Crippen MR) is 136 cm³/mol. The van der Waals surface area contributed by atoms with Crippen LogP contribution in [-0.4, -0.2) is 47.3 Å². The van der Waals surface area contributed by atoms with Gasteiger partial charge in [-0.05, 0) is 49.1 Å². The lowest BCUT2D eigenvalue weighted by Gasteiger charge is -2.25. The van der Waals surface area contributed by atoms with E-state index < -0.39 is 23.8 Å². The lowest BCUT2D eigenvalue weighted by atomic mass is 9.95. The van der Waals surface area contributed by atoms with Gasteiger partial charge in [0, 0.05) is 29.4 Å². The molecule has 8 nitrogen and oxygen atoms in total. The summed E-state index contributed by atoms with van der Waals surface area (Å²) in [4.78, 5) is 50.7. The molecule has 3 aromatic rings. The summed E-state index contributed by atoms with van der Waals surface area (Å²) in [5.41, 5.74) is 2.00. The van der Waals surface area contributed by atoms with Gasteiger partial charge in [0.15, 0.2) is 0 Å². The maximum atomic E-state index is 13.9. The van der Waals surface area contributed by atoms with Crippen LogP contribution in [0.25, 0.3) is 10.9 Å². The van der Waals surface area contributed by atoms with Gasteiger partial charge in [-0.3, -0.25) is 4.79 Å². The van der Waals surface area contributed by atoms with Gasteiger partial charge < -0.3 is 20.9 Å². The first-order chi connectivity index (χ1) is 18.0. The summed E-state index contributed by atoms with van der Waals surface area (Å²) >= 11 is 0. The van der Waals surface area contributed by atoms with E-state index in [0.717, 1.165) is 10.9 Å².